The molecule has 7 rings (SSSR count). The number of hydrogen-bond donors (Lipinski definition) is 8. The van der Waals surface area contributed by atoms with Gasteiger partial charge in [0, 0.05) is 130 Å². The van der Waals surface area contributed by atoms with Gasteiger partial charge in [-0.25, -0.2) is 4.79 Å². The number of hydrogen-bond acceptors (Lipinski definition) is 32. The Bertz CT molecular complexity index is 3170. The number of aliphatic hydroxyl groups excluding tert-OH is 4. The quantitative estimate of drug-likeness (QED) is 0.00373. The molecule has 1 saturated heterocycles. The minimum atomic E-state index is -3.33. The predicted molar refractivity (Wildman–Crippen MR) is 485 cm³/mol. The van der Waals surface area contributed by atoms with Gasteiger partial charge in [-0.2, -0.15) is 13.2 Å². The molecule has 746 valence electrons. The largest absolute Gasteiger partial charge is 1.00 e. The molecular formula is C88H154F2KN9O29S. The summed E-state index contributed by atoms with van der Waals surface area (Å²) in [4.78, 5) is 107. The second-order valence-corrected chi connectivity index (χ2v) is 28.6. The first-order chi connectivity index (χ1) is 62.5. The number of halogens is 2. The first-order valence-corrected chi connectivity index (χ1v) is 45.1. The van der Waals surface area contributed by atoms with Crippen LogP contribution in [0.5, 0.6) is 0 Å². The molecule has 4 aliphatic heterocycles. The molecule has 3 aromatic carbocycles. The summed E-state index contributed by atoms with van der Waals surface area (Å²) < 4.78 is 113. The van der Waals surface area contributed by atoms with Crippen LogP contribution in [0.1, 0.15) is 226 Å². The van der Waals surface area contributed by atoms with Gasteiger partial charge in [-0.15, -0.1) is 0 Å². The van der Waals surface area contributed by atoms with Gasteiger partial charge in [-0.3, -0.25) is 63.2 Å². The number of unbranched alkanes of at least 4 members (excludes halogenated alkanes) is 12. The Hall–Kier alpha value is -6.12. The van der Waals surface area contributed by atoms with E-state index >= 15 is 0 Å². The number of ether oxygens (including phenoxy) is 12. The Morgan fingerprint density at radius 1 is 0.469 bits per heavy atom. The van der Waals surface area contributed by atoms with E-state index in [9.17, 15) is 60.3 Å². The molecular weight excluding hydrogens is 1760 g/mol. The number of Topliss-reactive ketones (excluding diaryl/α,β-unsaturated/α-hetero) is 2. The van der Waals surface area contributed by atoms with Gasteiger partial charge in [0.15, 0.2) is 5.78 Å². The van der Waals surface area contributed by atoms with E-state index in [0.29, 0.717) is 153 Å². The van der Waals surface area contributed by atoms with Crippen molar-refractivity contribution in [2.75, 3.05) is 232 Å². The average molecular weight is 1910 g/mol. The molecule has 130 heavy (non-hydrogen) atoms. The van der Waals surface area contributed by atoms with Crippen molar-refractivity contribution >= 4 is 69.3 Å². The van der Waals surface area contributed by atoms with E-state index < -0.39 is 29.1 Å². The van der Waals surface area contributed by atoms with Crippen LogP contribution in [0.25, 0.3) is 10.8 Å². The molecule has 14 N–H and O–H groups in total. The smallest absolute Gasteiger partial charge is 0.587 e. The molecule has 4 heterocycles. The number of amides is 6. The number of nitrogens with two attached hydrogens (primary N) is 4. The number of alkyl halides is 2. The summed E-state index contributed by atoms with van der Waals surface area (Å²) >= 11 is 0. The summed E-state index contributed by atoms with van der Waals surface area (Å²) in [7, 11) is -3.83. The molecule has 3 aromatic rings. The van der Waals surface area contributed by atoms with Crippen LogP contribution in [0.15, 0.2) is 72.8 Å². The average Bonchev–Trinajstić information content (AvgIpc) is 1.65. The minimum absolute atomic E-state index is 0. The van der Waals surface area contributed by atoms with Gasteiger partial charge in [-0.1, -0.05) is 55.5 Å². The van der Waals surface area contributed by atoms with E-state index in [0.717, 1.165) is 174 Å². The zero-order valence-corrected chi connectivity index (χ0v) is 81.9. The standard InChI is InChI=1S/C25H26N2O6.C12H22O5.C11H24O5S.C9H22N2O2.C9H20O4.C8H5NO2.C5H12O2.C4H8O.C3H4N2O.2CH3F.K.H4N2.H2O/c28-22-18-8-2-3-9-19(18)23(29)26(22)12-16-32-14-6-1-7-15-33-17-13-27-24(30)20-10-4-5-11-21(20)25(27)31;1-3-17-12(14)10-16-8-6-4-5-7-15-9-11(2)13;1-3-7-14-8-5-4-6-9-15-10-11-16-17(2,12)13;2*10-4-8-12-6-2-1-3-7-13-9-5-11;10-7-5-3-1-2-4-6(5)8(11)9-7;6-4-2-1-3-5-7;1-2-4-5-3-1;1-3(6)2-5-4;2*1-2;;1-2;/h2-5,8-11H,1,6-7,12-17H2;3-10H2,1-2H3;3-11H2,1-2H3;1-11H2;10-11H,1-9H2;1-4H,(H,9,10,11);6-7H,1-5H2;1-4H2;2H,1H3;2*1H3;;1-2H2;1H2/q;;;;;;;;;;;+1;;/p-1/i;;;;;;;;;1D;;;;. The molecule has 0 aromatic heterocycles. The zero-order valence-electron chi connectivity index (χ0n) is 79.0. The van der Waals surface area contributed by atoms with Crippen molar-refractivity contribution in [1.82, 2.24) is 9.80 Å². The topological polar surface area (TPSA) is 581 Å². The van der Waals surface area contributed by atoms with Crippen LogP contribution < -0.4 is 74.5 Å². The third-order valence-corrected chi connectivity index (χ3v) is 16.8. The summed E-state index contributed by atoms with van der Waals surface area (Å²) in [6.45, 7) is 22.4. The van der Waals surface area contributed by atoms with Crippen molar-refractivity contribution in [2.24, 2.45) is 23.2 Å². The molecule has 4 aliphatic rings. The van der Waals surface area contributed by atoms with Gasteiger partial charge >= 0.3 is 63.6 Å². The van der Waals surface area contributed by atoms with Gasteiger partial charge in [0.25, 0.3) is 33.7 Å². The monoisotopic (exact) mass is 1910 g/mol. The van der Waals surface area contributed by atoms with E-state index in [1.807, 2.05) is 0 Å². The minimum Gasteiger partial charge on any atom is -0.587 e. The number of esters is 1. The van der Waals surface area contributed by atoms with Gasteiger partial charge in [-0.05, 0) is 173 Å². The van der Waals surface area contributed by atoms with E-state index in [2.05, 4.69) is 32.9 Å². The molecule has 6 amide bonds. The SMILES string of the molecule is C1CCOC1.CC(=O)C=[N+]=[N-].CCCOCCCCCOCCOS(C)(=O)=O.CCOC(=O)COCCCCCOCC(C)=O.CF.NCCOCCCCCOCCN.NN.O.O=C1[N-]C(=O)c2ccccc21.O=C1c2ccccc2C(=O)N1CCOCCCCCOCCN1C(=O)c2ccccc2C1=O.OCCCCCO.OCCOCCCCCOCCO.[2H]CF.[K+]. The first-order valence-electron chi connectivity index (χ1n) is 44.0. The number of rotatable bonds is 60. The Labute approximate surface area is 812 Å². The van der Waals surface area contributed by atoms with Crippen LogP contribution in [-0.4, -0.2) is 340 Å². The Morgan fingerprint density at radius 3 is 1.04 bits per heavy atom. The summed E-state index contributed by atoms with van der Waals surface area (Å²) in [5.74, 6) is 5.55. The molecule has 0 aliphatic carbocycles. The number of ketones is 2. The van der Waals surface area contributed by atoms with E-state index in [1.165, 1.54) is 36.5 Å². The van der Waals surface area contributed by atoms with Gasteiger partial charge in [0.2, 0.25) is 5.78 Å². The Kier molecular flexibility index (Phi) is 109. The fourth-order valence-corrected chi connectivity index (χ4v) is 10.6. The first kappa shape index (κ1) is 135. The van der Waals surface area contributed by atoms with Crippen LogP contribution in [0.3, 0.4) is 0 Å². The number of nitrogens with zero attached hydrogens (tertiary/aromatic N) is 5. The summed E-state index contributed by atoms with van der Waals surface area (Å²) in [5, 5.41) is 36.5. The normalized spacial score (nSPS) is 12.0. The molecule has 0 spiro atoms. The molecule has 38 nitrogen and oxygen atoms in total. The maximum atomic E-state index is 12.3. The van der Waals surface area contributed by atoms with Crippen LogP contribution in [-0.2, 0) is 85.5 Å². The van der Waals surface area contributed by atoms with Crippen molar-refractivity contribution in [2.45, 2.75) is 163 Å². The molecule has 0 radical (unpaired) electrons. The van der Waals surface area contributed by atoms with E-state index in [-0.39, 0.29) is 157 Å². The molecule has 0 saturated carbocycles. The maximum absolute atomic E-state index is 12.3. The number of aliphatic hydroxyl groups is 4. The van der Waals surface area contributed by atoms with Gasteiger partial charge in [0.05, 0.1) is 142 Å². The summed E-state index contributed by atoms with van der Waals surface area (Å²) in [5.41, 5.74) is 20.7. The van der Waals surface area contributed by atoms with Crippen LogP contribution in [0.4, 0.5) is 8.78 Å². The van der Waals surface area contributed by atoms with Gasteiger partial charge < -0.3 is 115 Å². The van der Waals surface area contributed by atoms with E-state index in [1.54, 1.807) is 79.7 Å². The van der Waals surface area contributed by atoms with Crippen LogP contribution in [0.2, 0.25) is 0 Å². The fourth-order valence-electron chi connectivity index (χ4n) is 10.3. The van der Waals surface area contributed by atoms with Crippen molar-refractivity contribution in [3.63, 3.8) is 0 Å². The predicted octanol–water partition coefficient (Wildman–Crippen LogP) is 4.32. The molecule has 1 fully saturated rings. The number of fused-ring (bicyclic) bond motifs is 3. The maximum Gasteiger partial charge on any atom is 1.00 e. The Morgan fingerprint density at radius 2 is 0.769 bits per heavy atom. The van der Waals surface area contributed by atoms with Crippen molar-refractivity contribution in [3.8, 4) is 0 Å². The summed E-state index contributed by atoms with van der Waals surface area (Å²) in [6.07, 6.45) is 22.8. The molecule has 0 bridgehead atoms. The number of carbonyl (C=O) groups is 9. The third kappa shape index (κ3) is 83.7. The third-order valence-electron chi connectivity index (χ3n) is 16.2. The zero-order chi connectivity index (χ0) is 97.3. The molecule has 0 unspecified atom stereocenters. The second kappa shape index (κ2) is 105. The van der Waals surface area contributed by atoms with Gasteiger partial charge in [0.1, 0.15) is 13.2 Å². The second-order valence-electron chi connectivity index (χ2n) is 26.9. The number of carbonyl (C=O) groups excluding carboxylic acids is 9. The van der Waals surface area contributed by atoms with E-state index in [4.69, 9.17) is 95.6 Å². The number of imide groups is 3. The molecule has 42 heteroatoms. The number of hydrazine groups is 1. The van der Waals surface area contributed by atoms with Crippen molar-refractivity contribution < 1.29 is 205 Å². The fraction of sp³-hybridized carbons (Fsp3) is 0.682. The van der Waals surface area contributed by atoms with Crippen molar-refractivity contribution in [3.05, 3.63) is 117 Å². The Balaban J connectivity index is -0.000000275. The number of benzene rings is 3. The molecule has 0 atom stereocenters. The summed E-state index contributed by atoms with van der Waals surface area (Å²) in [6, 6.07) is 20.3. The van der Waals surface area contributed by atoms with Crippen LogP contribution in [0, 0.1) is 0 Å². The van der Waals surface area contributed by atoms with Crippen LogP contribution >= 0.6 is 0 Å². The van der Waals surface area contributed by atoms with Crippen molar-refractivity contribution in [1.29, 1.82) is 0 Å².